The molecule has 0 unspecified atom stereocenters. The number of hydrogen-bond donors (Lipinski definition) is 0. The minimum absolute atomic E-state index is 0.782. The van der Waals surface area contributed by atoms with Crippen molar-refractivity contribution in [2.75, 3.05) is 19.8 Å². The highest BCUT2D eigenvalue weighted by Gasteiger charge is 2.06. The van der Waals surface area contributed by atoms with Crippen molar-refractivity contribution in [1.82, 2.24) is 4.90 Å². The van der Waals surface area contributed by atoms with Crippen LogP contribution in [0.3, 0.4) is 0 Å². The molecule has 0 aromatic heterocycles. The fraction of sp³-hybridized carbons (Fsp3) is 0.333. The molecule has 0 saturated carbocycles. The molecule has 0 atom stereocenters. The monoisotopic (exact) mass is 269 g/mol. The van der Waals surface area contributed by atoms with E-state index in [-0.39, 0.29) is 0 Å². The predicted molar refractivity (Wildman–Crippen MR) is 83.5 cm³/mol. The highest BCUT2D eigenvalue weighted by molar-refractivity contribution is 5.17. The Labute approximate surface area is 122 Å². The molecule has 20 heavy (non-hydrogen) atoms. The van der Waals surface area contributed by atoms with Crippen LogP contribution < -0.4 is 0 Å². The zero-order chi connectivity index (χ0) is 14.0. The summed E-state index contributed by atoms with van der Waals surface area (Å²) < 4.78 is 5.50. The zero-order valence-corrected chi connectivity index (χ0v) is 12.2. The number of benzene rings is 2. The van der Waals surface area contributed by atoms with Gasteiger partial charge in [-0.1, -0.05) is 60.7 Å². The lowest BCUT2D eigenvalue weighted by Crippen LogP contribution is -2.27. The summed E-state index contributed by atoms with van der Waals surface area (Å²) >= 11 is 0. The van der Waals surface area contributed by atoms with Crippen LogP contribution >= 0.6 is 0 Å². The molecule has 0 spiro atoms. The minimum Gasteiger partial charge on any atom is -0.380 e. The average Bonchev–Trinajstić information content (AvgIpc) is 2.49. The Morgan fingerprint density at radius 2 is 1.30 bits per heavy atom. The maximum absolute atomic E-state index is 5.50. The Bertz CT molecular complexity index is 428. The van der Waals surface area contributed by atoms with Gasteiger partial charge in [-0.05, 0) is 18.1 Å². The molecular formula is C18H23NO. The first kappa shape index (κ1) is 14.8. The van der Waals surface area contributed by atoms with Crippen molar-refractivity contribution < 1.29 is 4.74 Å². The summed E-state index contributed by atoms with van der Waals surface area (Å²) in [6, 6.07) is 21.2. The van der Waals surface area contributed by atoms with Gasteiger partial charge < -0.3 is 4.74 Å². The van der Waals surface area contributed by atoms with Gasteiger partial charge in [-0.2, -0.15) is 0 Å². The van der Waals surface area contributed by atoms with Gasteiger partial charge in [0.05, 0.1) is 6.61 Å². The van der Waals surface area contributed by atoms with E-state index < -0.39 is 0 Å². The van der Waals surface area contributed by atoms with E-state index in [1.165, 1.54) is 11.1 Å². The highest BCUT2D eigenvalue weighted by atomic mass is 16.5. The van der Waals surface area contributed by atoms with Crippen molar-refractivity contribution in [3.05, 3.63) is 71.8 Å². The summed E-state index contributed by atoms with van der Waals surface area (Å²) in [4.78, 5) is 2.43. The fourth-order valence-electron chi connectivity index (χ4n) is 2.24. The first-order valence-electron chi connectivity index (χ1n) is 7.26. The normalized spacial score (nSPS) is 10.9. The molecule has 0 amide bonds. The standard InChI is InChI=1S/C18H23NO/c1-2-20-14-13-19(15-17-9-5-3-6-10-17)16-18-11-7-4-8-12-18/h3-12H,2,13-16H2,1H3. The van der Waals surface area contributed by atoms with Crippen LogP contribution in [0.5, 0.6) is 0 Å². The van der Waals surface area contributed by atoms with Crippen molar-refractivity contribution in [2.24, 2.45) is 0 Å². The van der Waals surface area contributed by atoms with Gasteiger partial charge in [0.25, 0.3) is 0 Å². The molecule has 0 aliphatic carbocycles. The minimum atomic E-state index is 0.782. The smallest absolute Gasteiger partial charge is 0.0593 e. The summed E-state index contributed by atoms with van der Waals surface area (Å²) in [5.41, 5.74) is 2.69. The van der Waals surface area contributed by atoms with E-state index in [2.05, 4.69) is 65.6 Å². The van der Waals surface area contributed by atoms with E-state index >= 15 is 0 Å². The molecule has 0 aliphatic rings. The van der Waals surface area contributed by atoms with Crippen LogP contribution in [-0.4, -0.2) is 24.7 Å². The van der Waals surface area contributed by atoms with Crippen LogP contribution in [0.25, 0.3) is 0 Å². The molecule has 2 nitrogen and oxygen atoms in total. The third-order valence-corrected chi connectivity index (χ3v) is 3.25. The van der Waals surface area contributed by atoms with E-state index in [1.54, 1.807) is 0 Å². The Kier molecular flexibility index (Phi) is 6.28. The summed E-state index contributed by atoms with van der Waals surface area (Å²) in [5.74, 6) is 0. The molecular weight excluding hydrogens is 246 g/mol. The van der Waals surface area contributed by atoms with Crippen molar-refractivity contribution >= 4 is 0 Å². The number of nitrogens with zero attached hydrogens (tertiary/aromatic N) is 1. The van der Waals surface area contributed by atoms with E-state index in [4.69, 9.17) is 4.74 Å². The second-order valence-corrected chi connectivity index (χ2v) is 4.88. The Hall–Kier alpha value is -1.64. The lowest BCUT2D eigenvalue weighted by molar-refractivity contribution is 0.108. The van der Waals surface area contributed by atoms with Crippen molar-refractivity contribution in [3.63, 3.8) is 0 Å². The maximum Gasteiger partial charge on any atom is 0.0593 e. The van der Waals surface area contributed by atoms with Gasteiger partial charge in [-0.15, -0.1) is 0 Å². The quantitative estimate of drug-likeness (QED) is 0.677. The van der Waals surface area contributed by atoms with Crippen molar-refractivity contribution in [1.29, 1.82) is 0 Å². The first-order valence-corrected chi connectivity index (χ1v) is 7.26. The second kappa shape index (κ2) is 8.51. The van der Waals surface area contributed by atoms with Gasteiger partial charge in [-0.3, -0.25) is 4.90 Å². The first-order chi connectivity index (χ1) is 9.88. The molecule has 0 aliphatic heterocycles. The van der Waals surface area contributed by atoms with Crippen molar-refractivity contribution in [3.8, 4) is 0 Å². The van der Waals surface area contributed by atoms with Crippen LogP contribution in [0.2, 0.25) is 0 Å². The summed E-state index contributed by atoms with van der Waals surface area (Å²) in [6.45, 7) is 6.49. The summed E-state index contributed by atoms with van der Waals surface area (Å²) in [6.07, 6.45) is 0. The van der Waals surface area contributed by atoms with Crippen LogP contribution in [0.1, 0.15) is 18.1 Å². The zero-order valence-electron chi connectivity index (χ0n) is 12.2. The van der Waals surface area contributed by atoms with Gasteiger partial charge in [-0.25, -0.2) is 0 Å². The number of hydrogen-bond acceptors (Lipinski definition) is 2. The molecule has 0 bridgehead atoms. The Morgan fingerprint density at radius 1 is 0.800 bits per heavy atom. The average molecular weight is 269 g/mol. The van der Waals surface area contributed by atoms with E-state index in [0.717, 1.165) is 32.8 Å². The molecule has 0 saturated heterocycles. The van der Waals surface area contributed by atoms with Gasteiger partial charge in [0.1, 0.15) is 0 Å². The third-order valence-electron chi connectivity index (χ3n) is 3.25. The van der Waals surface area contributed by atoms with Gasteiger partial charge in [0, 0.05) is 26.2 Å². The molecule has 2 rings (SSSR count). The maximum atomic E-state index is 5.50. The van der Waals surface area contributed by atoms with Crippen LogP contribution in [-0.2, 0) is 17.8 Å². The van der Waals surface area contributed by atoms with E-state index in [9.17, 15) is 0 Å². The SMILES string of the molecule is CCOCCN(Cc1ccccc1)Cc1ccccc1. The predicted octanol–water partition coefficient (Wildman–Crippen LogP) is 3.73. The summed E-state index contributed by atoms with van der Waals surface area (Å²) in [7, 11) is 0. The lowest BCUT2D eigenvalue weighted by atomic mass is 10.1. The molecule has 2 heteroatoms. The molecule has 2 aromatic rings. The van der Waals surface area contributed by atoms with Crippen molar-refractivity contribution in [2.45, 2.75) is 20.0 Å². The number of ether oxygens (including phenoxy) is 1. The Morgan fingerprint density at radius 3 is 1.75 bits per heavy atom. The van der Waals surface area contributed by atoms with Crippen LogP contribution in [0, 0.1) is 0 Å². The molecule has 0 radical (unpaired) electrons. The molecule has 0 heterocycles. The highest BCUT2D eigenvalue weighted by Crippen LogP contribution is 2.09. The van der Waals surface area contributed by atoms with Gasteiger partial charge in [0.15, 0.2) is 0 Å². The Balaban J connectivity index is 1.96. The van der Waals surface area contributed by atoms with Crippen LogP contribution in [0.15, 0.2) is 60.7 Å². The topological polar surface area (TPSA) is 12.5 Å². The molecule has 0 fully saturated rings. The number of rotatable bonds is 8. The third kappa shape index (κ3) is 5.16. The summed E-state index contributed by atoms with van der Waals surface area (Å²) in [5, 5.41) is 0. The molecule has 106 valence electrons. The lowest BCUT2D eigenvalue weighted by Gasteiger charge is -2.22. The fourth-order valence-corrected chi connectivity index (χ4v) is 2.24. The molecule has 2 aromatic carbocycles. The molecule has 0 N–H and O–H groups in total. The van der Waals surface area contributed by atoms with E-state index in [0.29, 0.717) is 0 Å². The largest absolute Gasteiger partial charge is 0.380 e. The van der Waals surface area contributed by atoms with Gasteiger partial charge in [0.2, 0.25) is 0 Å². The van der Waals surface area contributed by atoms with Gasteiger partial charge >= 0.3 is 0 Å². The second-order valence-electron chi connectivity index (χ2n) is 4.88. The van der Waals surface area contributed by atoms with Crippen LogP contribution in [0.4, 0.5) is 0 Å². The van der Waals surface area contributed by atoms with E-state index in [1.807, 2.05) is 6.92 Å².